The molecule has 0 unspecified atom stereocenters. The lowest BCUT2D eigenvalue weighted by Crippen LogP contribution is -2.28. The maximum absolute atomic E-state index is 12.8. The number of nitrogens with one attached hydrogen (secondary N) is 1. The summed E-state index contributed by atoms with van der Waals surface area (Å²) in [6.45, 7) is 2.92. The van der Waals surface area contributed by atoms with E-state index in [2.05, 4.69) is 15.4 Å². The maximum Gasteiger partial charge on any atom is 0.270 e. The number of hydrogen-bond donors (Lipinski definition) is 1. The molecule has 0 fully saturated rings. The van der Waals surface area contributed by atoms with Crippen molar-refractivity contribution < 1.29 is 9.18 Å². The SMILES string of the molecule is Cc1cnn(CCNC(=O)c2cccc(F)n2)c1. The number of pyridine rings is 1. The number of halogens is 1. The fourth-order valence-electron chi connectivity index (χ4n) is 1.50. The number of aromatic nitrogens is 3. The zero-order valence-corrected chi connectivity index (χ0v) is 9.93. The van der Waals surface area contributed by atoms with E-state index in [1.54, 1.807) is 10.9 Å². The van der Waals surface area contributed by atoms with Crippen molar-refractivity contribution in [3.63, 3.8) is 0 Å². The van der Waals surface area contributed by atoms with Gasteiger partial charge in [-0.2, -0.15) is 9.49 Å². The Morgan fingerprint density at radius 2 is 2.33 bits per heavy atom. The Balaban J connectivity index is 1.85. The minimum atomic E-state index is -0.662. The van der Waals surface area contributed by atoms with Crippen LogP contribution in [0.4, 0.5) is 4.39 Å². The minimum Gasteiger partial charge on any atom is -0.349 e. The van der Waals surface area contributed by atoms with Crippen LogP contribution in [0.2, 0.25) is 0 Å². The van der Waals surface area contributed by atoms with Crippen LogP contribution in [0.25, 0.3) is 0 Å². The van der Waals surface area contributed by atoms with Crippen molar-refractivity contribution in [3.05, 3.63) is 47.8 Å². The lowest BCUT2D eigenvalue weighted by Gasteiger charge is -2.04. The highest BCUT2D eigenvalue weighted by atomic mass is 19.1. The molecular formula is C12H13FN4O. The molecule has 0 bridgehead atoms. The van der Waals surface area contributed by atoms with Gasteiger partial charge in [-0.05, 0) is 24.6 Å². The number of aryl methyl sites for hydroxylation is 1. The Kier molecular flexibility index (Phi) is 3.66. The van der Waals surface area contributed by atoms with E-state index in [1.165, 1.54) is 18.2 Å². The molecule has 0 saturated carbocycles. The number of hydrogen-bond acceptors (Lipinski definition) is 3. The maximum atomic E-state index is 12.8. The van der Waals surface area contributed by atoms with Crippen LogP contribution in [0, 0.1) is 12.9 Å². The normalized spacial score (nSPS) is 10.3. The van der Waals surface area contributed by atoms with Crippen molar-refractivity contribution in [3.8, 4) is 0 Å². The van der Waals surface area contributed by atoms with Gasteiger partial charge in [0.25, 0.3) is 5.91 Å². The second kappa shape index (κ2) is 5.39. The summed E-state index contributed by atoms with van der Waals surface area (Å²) in [6, 6.07) is 4.12. The van der Waals surface area contributed by atoms with Crippen LogP contribution in [-0.4, -0.2) is 27.2 Å². The monoisotopic (exact) mass is 248 g/mol. The molecule has 1 N–H and O–H groups in total. The summed E-state index contributed by atoms with van der Waals surface area (Å²) in [5, 5.41) is 6.74. The van der Waals surface area contributed by atoms with Gasteiger partial charge in [0.2, 0.25) is 5.95 Å². The van der Waals surface area contributed by atoms with E-state index in [4.69, 9.17) is 0 Å². The summed E-state index contributed by atoms with van der Waals surface area (Å²) in [6.07, 6.45) is 3.63. The van der Waals surface area contributed by atoms with Crippen molar-refractivity contribution in [1.82, 2.24) is 20.1 Å². The van der Waals surface area contributed by atoms with E-state index < -0.39 is 11.9 Å². The number of rotatable bonds is 4. The molecule has 0 radical (unpaired) electrons. The van der Waals surface area contributed by atoms with Gasteiger partial charge in [0.05, 0.1) is 12.7 Å². The van der Waals surface area contributed by atoms with Crippen LogP contribution >= 0.6 is 0 Å². The average molecular weight is 248 g/mol. The van der Waals surface area contributed by atoms with Crippen LogP contribution in [0.5, 0.6) is 0 Å². The highest BCUT2D eigenvalue weighted by Crippen LogP contribution is 1.97. The van der Waals surface area contributed by atoms with Crippen molar-refractivity contribution >= 4 is 5.91 Å². The standard InChI is InChI=1S/C12H13FN4O/c1-9-7-15-17(8-9)6-5-14-12(18)10-3-2-4-11(13)16-10/h2-4,7-8H,5-6H2,1H3,(H,14,18). The van der Waals surface area contributed by atoms with Gasteiger partial charge >= 0.3 is 0 Å². The summed E-state index contributed by atoms with van der Waals surface area (Å²) in [4.78, 5) is 15.1. The number of carbonyl (C=O) groups excluding carboxylic acids is 1. The van der Waals surface area contributed by atoms with E-state index in [0.29, 0.717) is 13.1 Å². The third-order valence-corrected chi connectivity index (χ3v) is 2.34. The zero-order valence-electron chi connectivity index (χ0n) is 9.93. The fourth-order valence-corrected chi connectivity index (χ4v) is 1.50. The largest absolute Gasteiger partial charge is 0.349 e. The average Bonchev–Trinajstić information content (AvgIpc) is 2.75. The predicted molar refractivity (Wildman–Crippen MR) is 63.5 cm³/mol. The third-order valence-electron chi connectivity index (χ3n) is 2.34. The lowest BCUT2D eigenvalue weighted by atomic mass is 10.3. The third kappa shape index (κ3) is 3.13. The van der Waals surface area contributed by atoms with Crippen molar-refractivity contribution in [2.75, 3.05) is 6.54 Å². The highest BCUT2D eigenvalue weighted by Gasteiger charge is 2.07. The first-order chi connectivity index (χ1) is 8.65. The minimum absolute atomic E-state index is 0.0756. The molecule has 94 valence electrons. The van der Waals surface area contributed by atoms with E-state index >= 15 is 0 Å². The van der Waals surface area contributed by atoms with E-state index in [-0.39, 0.29) is 5.69 Å². The molecule has 0 spiro atoms. The number of nitrogens with zero attached hydrogens (tertiary/aromatic N) is 3. The molecule has 1 amide bonds. The quantitative estimate of drug-likeness (QED) is 0.826. The summed E-state index contributed by atoms with van der Waals surface area (Å²) >= 11 is 0. The molecule has 18 heavy (non-hydrogen) atoms. The van der Waals surface area contributed by atoms with E-state index in [0.717, 1.165) is 5.56 Å². The van der Waals surface area contributed by atoms with Gasteiger partial charge in [-0.15, -0.1) is 0 Å². The summed E-state index contributed by atoms with van der Waals surface area (Å²) in [5.41, 5.74) is 1.14. The molecule has 2 aromatic heterocycles. The summed E-state index contributed by atoms with van der Waals surface area (Å²) < 4.78 is 14.5. The van der Waals surface area contributed by atoms with Crippen LogP contribution in [0.3, 0.4) is 0 Å². The fraction of sp³-hybridized carbons (Fsp3) is 0.250. The second-order valence-electron chi connectivity index (χ2n) is 3.88. The van der Waals surface area contributed by atoms with E-state index in [9.17, 15) is 9.18 Å². The van der Waals surface area contributed by atoms with Gasteiger partial charge < -0.3 is 5.32 Å². The molecule has 5 nitrogen and oxygen atoms in total. The molecule has 2 rings (SSSR count). The molecular weight excluding hydrogens is 235 g/mol. The Morgan fingerprint density at radius 1 is 1.50 bits per heavy atom. The van der Waals surface area contributed by atoms with Crippen LogP contribution < -0.4 is 5.32 Å². The van der Waals surface area contributed by atoms with Crippen molar-refractivity contribution in [2.45, 2.75) is 13.5 Å². The molecule has 0 saturated heterocycles. The molecule has 6 heteroatoms. The summed E-state index contributed by atoms with van der Waals surface area (Å²) in [7, 11) is 0. The van der Waals surface area contributed by atoms with Gasteiger partial charge in [-0.25, -0.2) is 4.98 Å². The Hall–Kier alpha value is -2.24. The molecule has 0 aliphatic rings. The molecule has 0 atom stereocenters. The van der Waals surface area contributed by atoms with Gasteiger partial charge in [0, 0.05) is 12.7 Å². The number of carbonyl (C=O) groups is 1. The lowest BCUT2D eigenvalue weighted by molar-refractivity contribution is 0.0946. The molecule has 0 aliphatic heterocycles. The van der Waals surface area contributed by atoms with Crippen LogP contribution in [-0.2, 0) is 6.54 Å². The van der Waals surface area contributed by atoms with Gasteiger partial charge in [-0.3, -0.25) is 9.48 Å². The van der Waals surface area contributed by atoms with Crippen molar-refractivity contribution in [2.24, 2.45) is 0 Å². The first-order valence-electron chi connectivity index (χ1n) is 5.55. The molecule has 0 aliphatic carbocycles. The highest BCUT2D eigenvalue weighted by molar-refractivity contribution is 5.92. The summed E-state index contributed by atoms with van der Waals surface area (Å²) in [5.74, 6) is -1.05. The first-order valence-corrected chi connectivity index (χ1v) is 5.55. The van der Waals surface area contributed by atoms with Gasteiger partial charge in [0.15, 0.2) is 0 Å². The Bertz CT molecular complexity index is 553. The second-order valence-corrected chi connectivity index (χ2v) is 3.88. The first kappa shape index (κ1) is 12.2. The van der Waals surface area contributed by atoms with Crippen molar-refractivity contribution in [1.29, 1.82) is 0 Å². The van der Waals surface area contributed by atoms with E-state index in [1.807, 2.05) is 13.1 Å². The molecule has 2 heterocycles. The number of amides is 1. The Morgan fingerprint density at radius 3 is 3.00 bits per heavy atom. The van der Waals surface area contributed by atoms with Gasteiger partial charge in [-0.1, -0.05) is 6.07 Å². The molecule has 2 aromatic rings. The smallest absolute Gasteiger partial charge is 0.270 e. The molecule has 0 aromatic carbocycles. The van der Waals surface area contributed by atoms with Gasteiger partial charge in [0.1, 0.15) is 5.69 Å². The Labute approximate surface area is 104 Å². The topological polar surface area (TPSA) is 59.8 Å². The predicted octanol–water partition coefficient (Wildman–Crippen LogP) is 1.16. The van der Waals surface area contributed by atoms with Crippen LogP contribution in [0.1, 0.15) is 16.1 Å². The van der Waals surface area contributed by atoms with Crippen LogP contribution in [0.15, 0.2) is 30.6 Å². The zero-order chi connectivity index (χ0) is 13.0.